The third kappa shape index (κ3) is 6.27. The van der Waals surface area contributed by atoms with Gasteiger partial charge in [0.05, 0.1) is 22.2 Å². The van der Waals surface area contributed by atoms with Gasteiger partial charge in [-0.05, 0) is 72.8 Å². The lowest BCUT2D eigenvalue weighted by Gasteiger charge is -2.43. The second-order valence-electron chi connectivity index (χ2n) is 11.1. The quantitative estimate of drug-likeness (QED) is 0.198. The van der Waals surface area contributed by atoms with E-state index in [0.29, 0.717) is 60.2 Å². The SMILES string of the molecule is CC1(O)CN(Cc2ccc(/C(N)=C/C=C(\N)Cl)cc2)CCC1c1ccc2ncc(C3CCC(=O)NC3=O)cc2c1F. The van der Waals surface area contributed by atoms with Crippen molar-refractivity contribution in [1.29, 1.82) is 0 Å². The van der Waals surface area contributed by atoms with Gasteiger partial charge in [0.2, 0.25) is 11.8 Å². The number of carbonyl (C=O) groups is 2. The molecular formula is C31H33ClFN5O3. The van der Waals surface area contributed by atoms with Crippen LogP contribution in [0.3, 0.4) is 0 Å². The molecule has 2 fully saturated rings. The van der Waals surface area contributed by atoms with E-state index >= 15 is 4.39 Å². The number of benzene rings is 2. The number of hydrogen-bond donors (Lipinski definition) is 4. The van der Waals surface area contributed by atoms with Crippen LogP contribution in [0.15, 0.2) is 66.0 Å². The third-order valence-corrected chi connectivity index (χ3v) is 8.14. The summed E-state index contributed by atoms with van der Waals surface area (Å²) in [5.74, 6) is -2.10. The highest BCUT2D eigenvalue weighted by atomic mass is 35.5. The maximum Gasteiger partial charge on any atom is 0.234 e. The van der Waals surface area contributed by atoms with E-state index in [2.05, 4.69) is 15.2 Å². The number of fused-ring (bicyclic) bond motifs is 1. The largest absolute Gasteiger partial charge is 0.398 e. The second kappa shape index (κ2) is 11.6. The second-order valence-corrected chi connectivity index (χ2v) is 11.5. The van der Waals surface area contributed by atoms with E-state index in [1.54, 1.807) is 37.4 Å². The summed E-state index contributed by atoms with van der Waals surface area (Å²) in [7, 11) is 0. The summed E-state index contributed by atoms with van der Waals surface area (Å²) in [5, 5.41) is 14.3. The number of aromatic nitrogens is 1. The number of imide groups is 1. The van der Waals surface area contributed by atoms with Crippen LogP contribution < -0.4 is 16.8 Å². The summed E-state index contributed by atoms with van der Waals surface area (Å²) < 4.78 is 16.0. The van der Waals surface area contributed by atoms with Crippen molar-refractivity contribution in [2.45, 2.75) is 50.2 Å². The molecule has 3 heterocycles. The monoisotopic (exact) mass is 577 g/mol. The van der Waals surface area contributed by atoms with Crippen LogP contribution in [0.1, 0.15) is 60.3 Å². The predicted octanol–water partition coefficient (Wildman–Crippen LogP) is 3.97. The molecule has 2 saturated heterocycles. The Bertz CT molecular complexity index is 1550. The van der Waals surface area contributed by atoms with Crippen LogP contribution in [0.2, 0.25) is 0 Å². The fraction of sp³-hybridized carbons (Fsp3) is 0.323. The molecule has 2 aliphatic rings. The first kappa shape index (κ1) is 28.7. The van der Waals surface area contributed by atoms with Crippen molar-refractivity contribution in [1.82, 2.24) is 15.2 Å². The summed E-state index contributed by atoms with van der Waals surface area (Å²) in [5.41, 5.74) is 14.3. The fourth-order valence-corrected chi connectivity index (χ4v) is 5.95. The van der Waals surface area contributed by atoms with Crippen LogP contribution in [0.4, 0.5) is 4.39 Å². The van der Waals surface area contributed by atoms with Gasteiger partial charge in [-0.1, -0.05) is 41.9 Å². The van der Waals surface area contributed by atoms with Crippen LogP contribution in [-0.4, -0.2) is 45.5 Å². The zero-order valence-electron chi connectivity index (χ0n) is 22.7. The van der Waals surface area contributed by atoms with Gasteiger partial charge in [-0.3, -0.25) is 24.8 Å². The Hall–Kier alpha value is -3.79. The molecule has 2 aliphatic heterocycles. The van der Waals surface area contributed by atoms with Crippen molar-refractivity contribution in [2.75, 3.05) is 13.1 Å². The minimum absolute atomic E-state index is 0.150. The van der Waals surface area contributed by atoms with Crippen molar-refractivity contribution >= 4 is 40.0 Å². The molecule has 41 heavy (non-hydrogen) atoms. The molecule has 0 aliphatic carbocycles. The Morgan fingerprint density at radius 2 is 1.95 bits per heavy atom. The number of aliphatic hydroxyl groups is 1. The smallest absolute Gasteiger partial charge is 0.234 e. The molecule has 2 aromatic carbocycles. The number of nitrogens with two attached hydrogens (primary N) is 2. The van der Waals surface area contributed by atoms with Crippen LogP contribution in [0, 0.1) is 5.82 Å². The van der Waals surface area contributed by atoms with E-state index < -0.39 is 29.2 Å². The number of allylic oxidation sites excluding steroid dienone is 2. The van der Waals surface area contributed by atoms with E-state index in [-0.39, 0.29) is 17.5 Å². The molecule has 0 radical (unpaired) electrons. The predicted molar refractivity (Wildman–Crippen MR) is 157 cm³/mol. The van der Waals surface area contributed by atoms with Gasteiger partial charge in [-0.2, -0.15) is 0 Å². The van der Waals surface area contributed by atoms with Crippen molar-refractivity contribution < 1.29 is 19.1 Å². The summed E-state index contributed by atoms with van der Waals surface area (Å²) in [4.78, 5) is 30.5. The van der Waals surface area contributed by atoms with E-state index in [4.69, 9.17) is 23.1 Å². The number of rotatable bonds is 6. The highest BCUT2D eigenvalue weighted by Gasteiger charge is 2.40. The topological polar surface area (TPSA) is 135 Å². The van der Waals surface area contributed by atoms with Crippen molar-refractivity contribution in [3.8, 4) is 0 Å². The molecule has 0 spiro atoms. The van der Waals surface area contributed by atoms with Crippen LogP contribution in [0.25, 0.3) is 16.6 Å². The number of β-amino-alcohol motifs (C(OH)–C–C–N with tert-alkyl or cyclic N) is 1. The highest BCUT2D eigenvalue weighted by Crippen LogP contribution is 2.39. The minimum atomic E-state index is -1.18. The molecule has 3 unspecified atom stereocenters. The molecule has 0 saturated carbocycles. The van der Waals surface area contributed by atoms with Gasteiger partial charge in [-0.15, -0.1) is 0 Å². The number of hydrogen-bond acceptors (Lipinski definition) is 7. The summed E-state index contributed by atoms with van der Waals surface area (Å²) in [6.45, 7) is 3.42. The minimum Gasteiger partial charge on any atom is -0.398 e. The average molecular weight is 578 g/mol. The third-order valence-electron chi connectivity index (χ3n) is 8.01. The Morgan fingerprint density at radius 1 is 1.20 bits per heavy atom. The Balaban J connectivity index is 1.31. The van der Waals surface area contributed by atoms with Crippen LogP contribution >= 0.6 is 11.6 Å². The first-order valence-corrected chi connectivity index (χ1v) is 13.9. The molecule has 6 N–H and O–H groups in total. The van der Waals surface area contributed by atoms with E-state index in [1.807, 2.05) is 24.3 Å². The molecule has 2 amide bonds. The van der Waals surface area contributed by atoms with E-state index in [1.165, 1.54) is 6.08 Å². The van der Waals surface area contributed by atoms with Crippen molar-refractivity contribution in [3.63, 3.8) is 0 Å². The maximum atomic E-state index is 16.0. The zero-order valence-corrected chi connectivity index (χ0v) is 23.5. The van der Waals surface area contributed by atoms with Gasteiger partial charge < -0.3 is 16.6 Å². The molecule has 3 atom stereocenters. The molecule has 3 aromatic rings. The molecule has 0 bridgehead atoms. The molecule has 1 aromatic heterocycles. The van der Waals surface area contributed by atoms with Crippen molar-refractivity contribution in [3.05, 3.63) is 94.0 Å². The number of piperidine rings is 2. The summed E-state index contributed by atoms with van der Waals surface area (Å²) in [6, 6.07) is 12.9. The number of halogens is 2. The zero-order chi connectivity index (χ0) is 29.3. The van der Waals surface area contributed by atoms with Crippen molar-refractivity contribution in [2.24, 2.45) is 11.5 Å². The van der Waals surface area contributed by atoms with Gasteiger partial charge in [0.15, 0.2) is 0 Å². The Labute approximate surface area is 242 Å². The van der Waals surface area contributed by atoms with Crippen LogP contribution in [0.5, 0.6) is 0 Å². The number of nitrogens with one attached hydrogen (secondary N) is 1. The van der Waals surface area contributed by atoms with E-state index in [0.717, 1.165) is 11.1 Å². The van der Waals surface area contributed by atoms with Gasteiger partial charge in [-0.25, -0.2) is 4.39 Å². The molecule has 10 heteroatoms. The molecule has 8 nitrogen and oxygen atoms in total. The summed E-state index contributed by atoms with van der Waals surface area (Å²) >= 11 is 5.66. The van der Waals surface area contributed by atoms with Gasteiger partial charge in [0, 0.05) is 42.7 Å². The number of carbonyl (C=O) groups excluding carboxylic acids is 2. The molecule has 214 valence electrons. The standard InChI is InChI=1S/C31H33ClFN5O3/c1-31(41)17-38(16-18-2-4-19(5-3-18)25(34)8-10-27(32)35)13-12-24(31)22-6-9-26-23(29(22)33)14-20(15-36-26)21-7-11-28(39)37-30(21)40/h2-6,8-10,14-15,21,24,41H,7,11-13,16-17,34-35H2,1H3,(H,37,39,40)/b25-8-,27-10-. The Kier molecular flexibility index (Phi) is 8.13. The molecular weight excluding hydrogens is 545 g/mol. The van der Waals surface area contributed by atoms with Gasteiger partial charge >= 0.3 is 0 Å². The lowest BCUT2D eigenvalue weighted by atomic mass is 9.77. The first-order valence-electron chi connectivity index (χ1n) is 13.6. The van der Waals surface area contributed by atoms with E-state index in [9.17, 15) is 14.7 Å². The average Bonchev–Trinajstić information content (AvgIpc) is 2.92. The molecule has 5 rings (SSSR count). The first-order chi connectivity index (χ1) is 19.5. The number of nitrogens with zero attached hydrogens (tertiary/aromatic N) is 2. The van der Waals surface area contributed by atoms with Gasteiger partial charge in [0.25, 0.3) is 0 Å². The normalized spacial score (nSPS) is 24.5. The number of likely N-dealkylation sites (tertiary alicyclic amines) is 1. The highest BCUT2D eigenvalue weighted by molar-refractivity contribution is 6.29. The van der Waals surface area contributed by atoms with Gasteiger partial charge in [0.1, 0.15) is 5.82 Å². The lowest BCUT2D eigenvalue weighted by molar-refractivity contribution is -0.134. The lowest BCUT2D eigenvalue weighted by Crippen LogP contribution is -2.50. The Morgan fingerprint density at radius 3 is 2.63 bits per heavy atom. The number of pyridine rings is 1. The van der Waals surface area contributed by atoms with Crippen LogP contribution in [-0.2, 0) is 16.1 Å². The maximum absolute atomic E-state index is 16.0. The fourth-order valence-electron chi connectivity index (χ4n) is 5.89. The summed E-state index contributed by atoms with van der Waals surface area (Å²) in [6.07, 6.45) is 5.91. The number of amides is 2.